The Labute approximate surface area is 190 Å². The molecule has 0 aliphatic carbocycles. The van der Waals surface area contributed by atoms with Gasteiger partial charge in [-0.3, -0.25) is 4.79 Å². The van der Waals surface area contributed by atoms with Crippen molar-refractivity contribution in [2.45, 2.75) is 31.5 Å². The largest absolute Gasteiger partial charge is 0.469 e. The Morgan fingerprint density at radius 3 is 2.55 bits per heavy atom. The van der Waals surface area contributed by atoms with Gasteiger partial charge in [0.1, 0.15) is 5.76 Å². The van der Waals surface area contributed by atoms with Crippen molar-refractivity contribution in [3.8, 4) is 0 Å². The van der Waals surface area contributed by atoms with Crippen LogP contribution in [0.25, 0.3) is 0 Å². The number of halogens is 3. The van der Waals surface area contributed by atoms with Crippen molar-refractivity contribution in [2.24, 2.45) is 0 Å². The van der Waals surface area contributed by atoms with Crippen LogP contribution in [0, 0.1) is 0 Å². The fourth-order valence-corrected chi connectivity index (χ4v) is 4.02. The van der Waals surface area contributed by atoms with E-state index in [-0.39, 0.29) is 5.56 Å². The molecule has 0 atom stereocenters. The Bertz CT molecular complexity index is 1060. The lowest BCUT2D eigenvalue weighted by Gasteiger charge is -2.34. The van der Waals surface area contributed by atoms with E-state index in [1.54, 1.807) is 12.3 Å². The van der Waals surface area contributed by atoms with Gasteiger partial charge in [0.2, 0.25) is 0 Å². The smallest absolute Gasteiger partial charge is 0.416 e. The average molecular weight is 457 g/mol. The first kappa shape index (κ1) is 22.9. The Morgan fingerprint density at radius 2 is 1.82 bits per heavy atom. The molecule has 5 nitrogen and oxygen atoms in total. The summed E-state index contributed by atoms with van der Waals surface area (Å²) in [6.07, 6.45) is 0.0543. The zero-order valence-corrected chi connectivity index (χ0v) is 18.1. The molecule has 0 radical (unpaired) electrons. The molecular formula is C25H26F3N3O2. The van der Waals surface area contributed by atoms with Crippen molar-refractivity contribution in [1.82, 2.24) is 5.32 Å². The molecular weight excluding hydrogens is 431 g/mol. The molecule has 2 aromatic carbocycles. The van der Waals surface area contributed by atoms with E-state index in [9.17, 15) is 18.0 Å². The SMILES string of the molecule is O=C(Nc1cccc(N2CCC(NCCc3ccco3)CC2)c1)c1cccc(C(F)(F)F)c1. The van der Waals surface area contributed by atoms with Crippen LogP contribution in [0.2, 0.25) is 0 Å². The quantitative estimate of drug-likeness (QED) is 0.502. The van der Waals surface area contributed by atoms with E-state index in [0.29, 0.717) is 11.7 Å². The number of amides is 1. The standard InChI is InChI=1S/C25H26F3N3O2/c26-25(27,28)19-5-1-4-18(16-19)24(32)30-21-6-2-7-22(17-21)31-13-10-20(11-14-31)29-12-9-23-8-3-15-33-23/h1-8,15-17,20,29H,9-14H2,(H,30,32). The van der Waals surface area contributed by atoms with E-state index < -0.39 is 17.6 Å². The average Bonchev–Trinajstić information content (AvgIpc) is 3.33. The van der Waals surface area contributed by atoms with Gasteiger partial charge in [-0.05, 0) is 61.4 Å². The summed E-state index contributed by atoms with van der Waals surface area (Å²) in [5.74, 6) is 0.404. The summed E-state index contributed by atoms with van der Waals surface area (Å²) in [7, 11) is 0. The molecule has 1 aromatic heterocycles. The fourth-order valence-electron chi connectivity index (χ4n) is 4.02. The van der Waals surface area contributed by atoms with Gasteiger partial charge in [0.05, 0.1) is 11.8 Å². The van der Waals surface area contributed by atoms with Crippen LogP contribution in [0.1, 0.15) is 34.5 Å². The van der Waals surface area contributed by atoms with Crippen LogP contribution < -0.4 is 15.5 Å². The van der Waals surface area contributed by atoms with E-state index in [0.717, 1.165) is 62.5 Å². The van der Waals surface area contributed by atoms with Gasteiger partial charge in [0.25, 0.3) is 5.91 Å². The third-order valence-electron chi connectivity index (χ3n) is 5.80. The normalized spacial score (nSPS) is 14.9. The maximum atomic E-state index is 12.9. The summed E-state index contributed by atoms with van der Waals surface area (Å²) in [5.41, 5.74) is 0.653. The molecule has 1 aliphatic heterocycles. The number of nitrogens with one attached hydrogen (secondary N) is 2. The minimum atomic E-state index is -4.49. The summed E-state index contributed by atoms with van der Waals surface area (Å²) in [6.45, 7) is 2.63. The van der Waals surface area contributed by atoms with E-state index in [1.807, 2.05) is 30.3 Å². The molecule has 1 aliphatic rings. The molecule has 1 fully saturated rings. The van der Waals surface area contributed by atoms with Crippen LogP contribution >= 0.6 is 0 Å². The molecule has 0 saturated carbocycles. The van der Waals surface area contributed by atoms with Crippen LogP contribution in [0.4, 0.5) is 24.5 Å². The zero-order chi connectivity index (χ0) is 23.3. The molecule has 2 heterocycles. The van der Waals surface area contributed by atoms with E-state index in [2.05, 4.69) is 15.5 Å². The number of carbonyl (C=O) groups is 1. The maximum absolute atomic E-state index is 12.9. The highest BCUT2D eigenvalue weighted by atomic mass is 19.4. The van der Waals surface area contributed by atoms with E-state index >= 15 is 0 Å². The Morgan fingerprint density at radius 1 is 1.03 bits per heavy atom. The molecule has 1 amide bonds. The molecule has 2 N–H and O–H groups in total. The lowest BCUT2D eigenvalue weighted by molar-refractivity contribution is -0.137. The first-order valence-corrected chi connectivity index (χ1v) is 11.0. The van der Waals surface area contributed by atoms with Gasteiger partial charge in [0.15, 0.2) is 0 Å². The number of alkyl halides is 3. The molecule has 174 valence electrons. The van der Waals surface area contributed by atoms with Crippen molar-refractivity contribution in [1.29, 1.82) is 0 Å². The third-order valence-corrected chi connectivity index (χ3v) is 5.80. The molecule has 33 heavy (non-hydrogen) atoms. The Hall–Kier alpha value is -3.26. The predicted octanol–water partition coefficient (Wildman–Crippen LogP) is 5.35. The number of rotatable bonds is 7. The summed E-state index contributed by atoms with van der Waals surface area (Å²) >= 11 is 0. The number of carbonyl (C=O) groups excluding carboxylic acids is 1. The Balaban J connectivity index is 1.30. The maximum Gasteiger partial charge on any atom is 0.416 e. The summed E-state index contributed by atoms with van der Waals surface area (Å²) in [5, 5.41) is 6.29. The van der Waals surface area contributed by atoms with Crippen LogP contribution in [0.5, 0.6) is 0 Å². The third kappa shape index (κ3) is 6.16. The highest BCUT2D eigenvalue weighted by Gasteiger charge is 2.31. The minimum absolute atomic E-state index is 0.0309. The lowest BCUT2D eigenvalue weighted by atomic mass is 10.0. The first-order chi connectivity index (χ1) is 15.9. The first-order valence-electron chi connectivity index (χ1n) is 11.0. The highest BCUT2D eigenvalue weighted by molar-refractivity contribution is 6.04. The number of nitrogens with zero attached hydrogens (tertiary/aromatic N) is 1. The summed E-state index contributed by atoms with van der Waals surface area (Å²) < 4.78 is 44.2. The number of hydrogen-bond donors (Lipinski definition) is 2. The van der Waals surface area contributed by atoms with Crippen LogP contribution in [-0.4, -0.2) is 31.6 Å². The fraction of sp³-hybridized carbons (Fsp3) is 0.320. The van der Waals surface area contributed by atoms with Crippen molar-refractivity contribution in [3.05, 3.63) is 83.8 Å². The monoisotopic (exact) mass is 457 g/mol. The topological polar surface area (TPSA) is 57.5 Å². The number of piperidine rings is 1. The molecule has 3 aromatic rings. The summed E-state index contributed by atoms with van der Waals surface area (Å²) in [4.78, 5) is 14.8. The number of benzene rings is 2. The number of anilines is 2. The van der Waals surface area contributed by atoms with Gasteiger partial charge in [-0.15, -0.1) is 0 Å². The van der Waals surface area contributed by atoms with Gasteiger partial charge in [0, 0.05) is 49.0 Å². The molecule has 0 spiro atoms. The van der Waals surface area contributed by atoms with Crippen molar-refractivity contribution >= 4 is 17.3 Å². The Kier molecular flexibility index (Phi) is 7.03. The molecule has 0 unspecified atom stereocenters. The van der Waals surface area contributed by atoms with Crippen LogP contribution in [0.15, 0.2) is 71.3 Å². The second kappa shape index (κ2) is 10.1. The van der Waals surface area contributed by atoms with Crippen LogP contribution in [0.3, 0.4) is 0 Å². The van der Waals surface area contributed by atoms with Gasteiger partial charge in [-0.25, -0.2) is 0 Å². The molecule has 8 heteroatoms. The second-order valence-corrected chi connectivity index (χ2v) is 8.13. The minimum Gasteiger partial charge on any atom is -0.469 e. The zero-order valence-electron chi connectivity index (χ0n) is 18.1. The van der Waals surface area contributed by atoms with Gasteiger partial charge in [-0.1, -0.05) is 12.1 Å². The number of furan rings is 1. The lowest BCUT2D eigenvalue weighted by Crippen LogP contribution is -2.43. The summed E-state index contributed by atoms with van der Waals surface area (Å²) in [6, 6.07) is 16.1. The van der Waals surface area contributed by atoms with Gasteiger partial charge < -0.3 is 20.0 Å². The molecule has 0 bridgehead atoms. The van der Waals surface area contributed by atoms with Gasteiger partial charge >= 0.3 is 6.18 Å². The second-order valence-electron chi connectivity index (χ2n) is 8.13. The van der Waals surface area contributed by atoms with E-state index in [1.165, 1.54) is 12.1 Å². The van der Waals surface area contributed by atoms with Crippen molar-refractivity contribution < 1.29 is 22.4 Å². The van der Waals surface area contributed by atoms with Crippen LogP contribution in [-0.2, 0) is 12.6 Å². The number of hydrogen-bond acceptors (Lipinski definition) is 4. The van der Waals surface area contributed by atoms with Crippen molar-refractivity contribution in [2.75, 3.05) is 29.9 Å². The molecule has 4 rings (SSSR count). The molecule has 1 saturated heterocycles. The van der Waals surface area contributed by atoms with E-state index in [4.69, 9.17) is 4.42 Å². The van der Waals surface area contributed by atoms with Crippen molar-refractivity contribution in [3.63, 3.8) is 0 Å². The predicted molar refractivity (Wildman–Crippen MR) is 121 cm³/mol. The van der Waals surface area contributed by atoms with Gasteiger partial charge in [-0.2, -0.15) is 13.2 Å². The highest BCUT2D eigenvalue weighted by Crippen LogP contribution is 2.30.